The van der Waals surface area contributed by atoms with E-state index in [1.807, 2.05) is 0 Å². The van der Waals surface area contributed by atoms with Crippen molar-refractivity contribution in [2.24, 2.45) is 0 Å². The molecular formula is C17H14N4O6S2. The first-order valence-corrected chi connectivity index (χ1v) is 10.7. The van der Waals surface area contributed by atoms with Crippen LogP contribution in [0.2, 0.25) is 0 Å². The van der Waals surface area contributed by atoms with Crippen LogP contribution >= 0.6 is 11.3 Å². The number of hydrogen-bond donors (Lipinski definition) is 1. The number of carbonyl (C=O) groups is 1. The van der Waals surface area contributed by atoms with Crippen molar-refractivity contribution in [3.8, 4) is 0 Å². The van der Waals surface area contributed by atoms with Crippen molar-refractivity contribution in [2.45, 2.75) is 17.9 Å². The monoisotopic (exact) mass is 434 g/mol. The van der Waals surface area contributed by atoms with Gasteiger partial charge in [0.05, 0.1) is 23.4 Å². The largest absolute Gasteiger partial charge is 0.459 e. The fourth-order valence-electron chi connectivity index (χ4n) is 2.96. The smallest absolute Gasteiger partial charge is 0.293 e. The molecule has 12 heteroatoms. The molecule has 1 aliphatic heterocycles. The van der Waals surface area contributed by atoms with Gasteiger partial charge in [-0.2, -0.15) is 4.31 Å². The first kappa shape index (κ1) is 19.2. The lowest BCUT2D eigenvalue weighted by Gasteiger charge is -2.25. The van der Waals surface area contributed by atoms with Crippen LogP contribution in [0.15, 0.2) is 52.0 Å². The molecule has 1 aliphatic rings. The molecule has 0 bridgehead atoms. The van der Waals surface area contributed by atoms with E-state index in [0.29, 0.717) is 22.1 Å². The molecule has 3 aromatic rings. The van der Waals surface area contributed by atoms with Gasteiger partial charge >= 0.3 is 0 Å². The predicted octanol–water partition coefficient (Wildman–Crippen LogP) is 2.64. The Morgan fingerprint density at radius 2 is 2.07 bits per heavy atom. The third-order valence-electron chi connectivity index (χ3n) is 4.34. The van der Waals surface area contributed by atoms with Crippen molar-refractivity contribution in [3.05, 3.63) is 69.1 Å². The Balaban J connectivity index is 1.57. The summed E-state index contributed by atoms with van der Waals surface area (Å²) in [4.78, 5) is 27.3. The molecule has 150 valence electrons. The predicted molar refractivity (Wildman–Crippen MR) is 103 cm³/mol. The van der Waals surface area contributed by atoms with Gasteiger partial charge in [-0.3, -0.25) is 20.2 Å². The average molecular weight is 434 g/mol. The molecule has 0 unspecified atom stereocenters. The highest BCUT2D eigenvalue weighted by molar-refractivity contribution is 7.89. The van der Waals surface area contributed by atoms with Gasteiger partial charge in [-0.15, -0.1) is 11.3 Å². The number of nitrogens with one attached hydrogen (secondary N) is 1. The average Bonchev–Trinajstić information content (AvgIpc) is 3.36. The van der Waals surface area contributed by atoms with Crippen molar-refractivity contribution in [1.82, 2.24) is 9.29 Å². The minimum Gasteiger partial charge on any atom is -0.459 e. The lowest BCUT2D eigenvalue weighted by Crippen LogP contribution is -2.35. The molecule has 29 heavy (non-hydrogen) atoms. The van der Waals surface area contributed by atoms with E-state index in [1.54, 1.807) is 6.07 Å². The third-order valence-corrected chi connectivity index (χ3v) is 7.23. The van der Waals surface area contributed by atoms with E-state index in [-0.39, 0.29) is 23.7 Å². The number of aromatic nitrogens is 1. The van der Waals surface area contributed by atoms with Gasteiger partial charge < -0.3 is 4.42 Å². The quantitative estimate of drug-likeness (QED) is 0.481. The van der Waals surface area contributed by atoms with Gasteiger partial charge in [-0.05, 0) is 18.2 Å². The second-order valence-electron chi connectivity index (χ2n) is 6.13. The summed E-state index contributed by atoms with van der Waals surface area (Å²) in [6.07, 6.45) is 1.72. The van der Waals surface area contributed by atoms with E-state index >= 15 is 0 Å². The van der Waals surface area contributed by atoms with Crippen molar-refractivity contribution >= 4 is 38.1 Å². The summed E-state index contributed by atoms with van der Waals surface area (Å²) >= 11 is 1.16. The summed E-state index contributed by atoms with van der Waals surface area (Å²) in [5.41, 5.74) is 0.229. The zero-order valence-electron chi connectivity index (χ0n) is 14.8. The van der Waals surface area contributed by atoms with Crippen LogP contribution in [0, 0.1) is 10.1 Å². The van der Waals surface area contributed by atoms with E-state index in [4.69, 9.17) is 4.42 Å². The Hall–Kier alpha value is -3.09. The first-order chi connectivity index (χ1) is 13.9. The van der Waals surface area contributed by atoms with E-state index < -0.39 is 26.5 Å². The molecule has 0 radical (unpaired) electrons. The molecule has 1 amide bonds. The Morgan fingerprint density at radius 3 is 2.79 bits per heavy atom. The number of amides is 1. The Bertz CT molecular complexity index is 1190. The maximum Gasteiger partial charge on any atom is 0.293 e. The molecule has 0 fully saturated rings. The third kappa shape index (κ3) is 3.64. The molecule has 3 heterocycles. The molecule has 2 aromatic heterocycles. The lowest BCUT2D eigenvalue weighted by molar-refractivity contribution is -0.387. The summed E-state index contributed by atoms with van der Waals surface area (Å²) in [5, 5.41) is 14.2. The summed E-state index contributed by atoms with van der Waals surface area (Å²) in [6.45, 7) is 0.161. The second kappa shape index (κ2) is 7.39. The molecule has 10 nitrogen and oxygen atoms in total. The highest BCUT2D eigenvalue weighted by Gasteiger charge is 2.34. The summed E-state index contributed by atoms with van der Waals surface area (Å²) in [7, 11) is -4.06. The molecule has 1 N–H and O–H groups in total. The highest BCUT2D eigenvalue weighted by atomic mass is 32.2. The number of nitro benzene ring substituents is 1. The number of fused-ring (bicyclic) bond motifs is 1. The second-order valence-corrected chi connectivity index (χ2v) is 9.12. The van der Waals surface area contributed by atoms with Crippen molar-refractivity contribution in [3.63, 3.8) is 0 Å². The fraction of sp³-hybridized carbons (Fsp3) is 0.176. The molecule has 0 atom stereocenters. The minimum atomic E-state index is -4.06. The van der Waals surface area contributed by atoms with Gasteiger partial charge in [0.1, 0.15) is 0 Å². The van der Waals surface area contributed by atoms with E-state index in [2.05, 4.69) is 10.3 Å². The minimum absolute atomic E-state index is 0.0258. The first-order valence-electron chi connectivity index (χ1n) is 8.43. The van der Waals surface area contributed by atoms with Crippen LogP contribution in [0.4, 0.5) is 10.8 Å². The lowest BCUT2D eigenvalue weighted by atomic mass is 10.2. The van der Waals surface area contributed by atoms with Crippen LogP contribution in [0.3, 0.4) is 0 Å². The number of nitro groups is 1. The number of furan rings is 1. The Morgan fingerprint density at radius 1 is 1.28 bits per heavy atom. The van der Waals surface area contributed by atoms with Crippen LogP contribution in [0.5, 0.6) is 0 Å². The number of para-hydroxylation sites is 1. The summed E-state index contributed by atoms with van der Waals surface area (Å²) < 4.78 is 32.2. The van der Waals surface area contributed by atoms with E-state index in [1.165, 1.54) is 34.8 Å². The van der Waals surface area contributed by atoms with Crippen molar-refractivity contribution in [1.29, 1.82) is 0 Å². The van der Waals surface area contributed by atoms with Crippen LogP contribution in [-0.4, -0.2) is 35.1 Å². The summed E-state index contributed by atoms with van der Waals surface area (Å²) in [5.74, 6) is -0.316. The molecule has 4 rings (SSSR count). The number of thiazole rings is 1. The zero-order valence-corrected chi connectivity index (χ0v) is 16.4. The van der Waals surface area contributed by atoms with Gasteiger partial charge in [0.2, 0.25) is 10.0 Å². The normalized spacial score (nSPS) is 14.3. The molecule has 0 saturated heterocycles. The van der Waals surface area contributed by atoms with Gasteiger partial charge in [0.15, 0.2) is 15.8 Å². The molecule has 0 saturated carbocycles. The maximum atomic E-state index is 13.0. The number of benzene rings is 1. The highest BCUT2D eigenvalue weighted by Crippen LogP contribution is 2.33. The van der Waals surface area contributed by atoms with E-state index in [0.717, 1.165) is 17.4 Å². The molecule has 0 spiro atoms. The number of rotatable bonds is 5. The van der Waals surface area contributed by atoms with Crippen molar-refractivity contribution in [2.75, 3.05) is 11.9 Å². The van der Waals surface area contributed by atoms with Gasteiger partial charge in [-0.25, -0.2) is 13.4 Å². The fourth-order valence-corrected chi connectivity index (χ4v) is 5.63. The topological polar surface area (TPSA) is 136 Å². The molecule has 0 aliphatic carbocycles. The SMILES string of the molecule is O=C(Nc1nc2c(s1)CN(S(=O)(=O)c1ccccc1[N+](=O)[O-])CC2)c1ccco1. The molecule has 1 aromatic carbocycles. The Labute approximate surface area is 169 Å². The van der Waals surface area contributed by atoms with E-state index in [9.17, 15) is 23.3 Å². The zero-order chi connectivity index (χ0) is 20.6. The number of hydrogen-bond acceptors (Lipinski definition) is 8. The van der Waals surface area contributed by atoms with Gasteiger partial charge in [0, 0.05) is 23.9 Å². The number of carbonyl (C=O) groups excluding carboxylic acids is 1. The van der Waals surface area contributed by atoms with Crippen LogP contribution in [-0.2, 0) is 23.0 Å². The number of sulfonamides is 1. The van der Waals surface area contributed by atoms with Crippen LogP contribution in [0.1, 0.15) is 21.1 Å². The Kier molecular flexibility index (Phi) is 4.90. The number of anilines is 1. The van der Waals surface area contributed by atoms with Crippen molar-refractivity contribution < 1.29 is 22.6 Å². The standard InChI is InChI=1S/C17H14N4O6S2/c22-16(13-5-3-9-27-13)19-17-18-11-7-8-20(10-14(11)28-17)29(25,26)15-6-2-1-4-12(15)21(23)24/h1-6,9H,7-8,10H2,(H,18,19,22). The molecular weight excluding hydrogens is 420 g/mol. The number of nitrogens with zero attached hydrogens (tertiary/aromatic N) is 3. The van der Waals surface area contributed by atoms with Gasteiger partial charge in [-0.1, -0.05) is 12.1 Å². The van der Waals surface area contributed by atoms with Crippen LogP contribution < -0.4 is 5.32 Å². The maximum absolute atomic E-state index is 13.0. The van der Waals surface area contributed by atoms with Gasteiger partial charge in [0.25, 0.3) is 11.6 Å². The van der Waals surface area contributed by atoms with Crippen LogP contribution in [0.25, 0.3) is 0 Å². The summed E-state index contributed by atoms with van der Waals surface area (Å²) in [6, 6.07) is 8.37.